The van der Waals surface area contributed by atoms with Crippen LogP contribution in [-0.4, -0.2) is 31.0 Å². The van der Waals surface area contributed by atoms with E-state index in [0.29, 0.717) is 5.75 Å². The number of esters is 1. The van der Waals surface area contributed by atoms with Crippen LogP contribution in [0.5, 0.6) is 0 Å². The number of nitrogens with one attached hydrogen (secondary N) is 1. The molecule has 0 saturated carbocycles. The Balaban J connectivity index is 1.90. The average molecular weight is 474 g/mol. The summed E-state index contributed by atoms with van der Waals surface area (Å²) in [7, 11) is 1.35. The van der Waals surface area contributed by atoms with Crippen LogP contribution in [0.2, 0.25) is 0 Å². The summed E-state index contributed by atoms with van der Waals surface area (Å²) in [5, 5.41) is 3.01. The second kappa shape index (κ2) is 7.95. The lowest BCUT2D eigenvalue weighted by Gasteiger charge is -2.46. The van der Waals surface area contributed by atoms with Gasteiger partial charge in [-0.3, -0.25) is 9.59 Å². The molecule has 150 valence electrons. The zero-order valence-corrected chi connectivity index (χ0v) is 18.2. The molecule has 1 N–H and O–H groups in total. The largest absolute Gasteiger partial charge is 0.469 e. The molecule has 4 atom stereocenters. The van der Waals surface area contributed by atoms with Crippen LogP contribution in [0.15, 0.2) is 53.0 Å². The van der Waals surface area contributed by atoms with Crippen LogP contribution in [0, 0.1) is 11.8 Å². The number of carbonyl (C=O) groups is 3. The van der Waals surface area contributed by atoms with Gasteiger partial charge < -0.3 is 14.8 Å². The van der Waals surface area contributed by atoms with Crippen molar-refractivity contribution in [3.8, 4) is 0 Å². The highest BCUT2D eigenvalue weighted by Crippen LogP contribution is 2.62. The molecule has 2 heterocycles. The summed E-state index contributed by atoms with van der Waals surface area (Å²) in [6, 6.07) is 15.3. The number of aldehydes is 1. The van der Waals surface area contributed by atoms with E-state index in [2.05, 4.69) is 21.2 Å². The fourth-order valence-corrected chi connectivity index (χ4v) is 7.20. The van der Waals surface area contributed by atoms with Crippen molar-refractivity contribution in [1.82, 2.24) is 0 Å². The molecule has 2 aromatic carbocycles. The molecule has 0 bridgehead atoms. The Hall–Kier alpha value is -2.12. The Morgan fingerprint density at radius 1 is 1.28 bits per heavy atom. The molecule has 2 aliphatic heterocycles. The van der Waals surface area contributed by atoms with Crippen molar-refractivity contribution in [3.05, 3.63) is 64.1 Å². The van der Waals surface area contributed by atoms with Gasteiger partial charge in [-0.25, -0.2) is 0 Å². The molecule has 5 nitrogen and oxygen atoms in total. The highest BCUT2D eigenvalue weighted by Gasteiger charge is 2.60. The van der Waals surface area contributed by atoms with E-state index < -0.39 is 16.6 Å². The molecule has 1 saturated heterocycles. The minimum absolute atomic E-state index is 0.123. The van der Waals surface area contributed by atoms with Crippen molar-refractivity contribution < 1.29 is 19.1 Å². The van der Waals surface area contributed by atoms with E-state index in [9.17, 15) is 14.4 Å². The Morgan fingerprint density at radius 2 is 2.03 bits per heavy atom. The van der Waals surface area contributed by atoms with Gasteiger partial charge in [0.1, 0.15) is 11.0 Å². The highest BCUT2D eigenvalue weighted by molar-refractivity contribution is 9.10. The Labute approximate surface area is 181 Å². The van der Waals surface area contributed by atoms with Gasteiger partial charge in [-0.15, -0.1) is 11.8 Å². The maximum absolute atomic E-state index is 13.4. The number of carbonyl (C=O) groups excluding carboxylic acids is 3. The molecule has 7 heteroatoms. The Bertz CT molecular complexity index is 967. The summed E-state index contributed by atoms with van der Waals surface area (Å²) in [6.45, 7) is 0. The topological polar surface area (TPSA) is 72.5 Å². The molecule has 1 spiro atoms. The molecular weight excluding hydrogens is 454 g/mol. The van der Waals surface area contributed by atoms with E-state index in [1.807, 2.05) is 48.5 Å². The van der Waals surface area contributed by atoms with Crippen molar-refractivity contribution in [2.45, 2.75) is 17.1 Å². The van der Waals surface area contributed by atoms with Crippen LogP contribution < -0.4 is 5.32 Å². The predicted octanol–water partition coefficient (Wildman–Crippen LogP) is 4.12. The molecule has 2 aliphatic rings. The van der Waals surface area contributed by atoms with Crippen LogP contribution in [0.25, 0.3) is 0 Å². The monoisotopic (exact) mass is 473 g/mol. The maximum atomic E-state index is 13.4. The first-order valence-corrected chi connectivity index (χ1v) is 11.1. The first-order chi connectivity index (χ1) is 14.0. The predicted molar refractivity (Wildman–Crippen MR) is 116 cm³/mol. The number of ether oxygens (including phenoxy) is 1. The molecule has 0 aliphatic carbocycles. The van der Waals surface area contributed by atoms with Gasteiger partial charge in [0.15, 0.2) is 0 Å². The summed E-state index contributed by atoms with van der Waals surface area (Å²) < 4.78 is 4.73. The lowest BCUT2D eigenvalue weighted by molar-refractivity contribution is -0.142. The first kappa shape index (κ1) is 20.2. The van der Waals surface area contributed by atoms with Crippen LogP contribution in [0.4, 0.5) is 5.69 Å². The van der Waals surface area contributed by atoms with Crippen molar-refractivity contribution in [3.63, 3.8) is 0 Å². The summed E-state index contributed by atoms with van der Waals surface area (Å²) in [4.78, 5) is 37.8. The van der Waals surface area contributed by atoms with E-state index in [-0.39, 0.29) is 24.2 Å². The van der Waals surface area contributed by atoms with Crippen molar-refractivity contribution in [2.24, 2.45) is 11.8 Å². The van der Waals surface area contributed by atoms with E-state index in [4.69, 9.17) is 4.74 Å². The van der Waals surface area contributed by atoms with Gasteiger partial charge in [-0.2, -0.15) is 0 Å². The third-order valence-corrected chi connectivity index (χ3v) is 8.19. The number of halogens is 1. The van der Waals surface area contributed by atoms with Gasteiger partial charge in [0.05, 0.1) is 7.11 Å². The van der Waals surface area contributed by atoms with Gasteiger partial charge in [-0.05, 0) is 29.4 Å². The molecule has 2 aromatic rings. The van der Waals surface area contributed by atoms with Gasteiger partial charge >= 0.3 is 5.97 Å². The van der Waals surface area contributed by atoms with Crippen LogP contribution >= 0.6 is 27.7 Å². The zero-order valence-electron chi connectivity index (χ0n) is 15.8. The minimum Gasteiger partial charge on any atom is -0.469 e. The molecule has 0 aromatic heterocycles. The molecular formula is C22H20BrNO4S. The zero-order chi connectivity index (χ0) is 20.6. The lowest BCUT2D eigenvalue weighted by atomic mass is 9.68. The molecule has 0 radical (unpaired) electrons. The summed E-state index contributed by atoms with van der Waals surface area (Å²) in [6.07, 6.45) is 1.06. The molecule has 4 rings (SSSR count). The van der Waals surface area contributed by atoms with Gasteiger partial charge in [0.2, 0.25) is 5.91 Å². The molecule has 1 amide bonds. The summed E-state index contributed by atoms with van der Waals surface area (Å²) in [5.41, 5.74) is 2.53. The smallest absolute Gasteiger partial charge is 0.305 e. The van der Waals surface area contributed by atoms with E-state index in [1.165, 1.54) is 18.9 Å². The van der Waals surface area contributed by atoms with E-state index >= 15 is 0 Å². The van der Waals surface area contributed by atoms with Crippen LogP contribution in [0.3, 0.4) is 0 Å². The number of anilines is 1. The minimum atomic E-state index is -0.949. The van der Waals surface area contributed by atoms with Crippen LogP contribution in [-0.2, 0) is 23.9 Å². The number of amides is 1. The fraction of sp³-hybridized carbons (Fsp3) is 0.318. The average Bonchev–Trinajstić information content (AvgIpc) is 3.02. The van der Waals surface area contributed by atoms with E-state index in [1.54, 1.807) is 0 Å². The number of benzene rings is 2. The number of hydrogen-bond donors (Lipinski definition) is 1. The first-order valence-electron chi connectivity index (χ1n) is 9.34. The molecule has 1 fully saturated rings. The fourth-order valence-electron chi connectivity index (χ4n) is 4.55. The van der Waals surface area contributed by atoms with E-state index in [0.717, 1.165) is 27.6 Å². The maximum Gasteiger partial charge on any atom is 0.305 e. The second-order valence-electron chi connectivity index (χ2n) is 7.31. The lowest BCUT2D eigenvalue weighted by Crippen LogP contribution is -2.48. The number of rotatable bonds is 4. The summed E-state index contributed by atoms with van der Waals surface area (Å²) in [5.74, 6) is -1.07. The van der Waals surface area contributed by atoms with Crippen LogP contribution in [0.1, 0.15) is 23.5 Å². The van der Waals surface area contributed by atoms with Crippen molar-refractivity contribution in [2.75, 3.05) is 18.2 Å². The number of methoxy groups -OCH3 is 1. The number of fused-ring (bicyclic) bond motifs is 2. The number of thioether (sulfide) groups is 1. The molecule has 29 heavy (non-hydrogen) atoms. The SMILES string of the molecule is COC(=O)C[C@@H]1CS[C@]2(C(=O)Nc3cccc(Br)c32)[C@@H](c2ccccc2)[C@H]1C=O. The standard InChI is InChI=1S/C22H20BrNO4S/c1-28-18(26)10-14-12-29-22(19(15(14)11-25)13-6-3-2-4-7-13)20-16(23)8-5-9-17(20)24-21(22)27/h2-9,11,14-15,19H,10,12H2,1H3,(H,24,27)/t14-,15+,19+,22-/m1/s1. The normalized spacial score (nSPS) is 27.9. The second-order valence-corrected chi connectivity index (χ2v) is 9.43. The Kier molecular flexibility index (Phi) is 5.53. The van der Waals surface area contributed by atoms with Gasteiger partial charge in [0, 0.05) is 34.0 Å². The van der Waals surface area contributed by atoms with Crippen molar-refractivity contribution >= 4 is 51.5 Å². The number of hydrogen-bond acceptors (Lipinski definition) is 5. The third-order valence-electron chi connectivity index (χ3n) is 5.84. The van der Waals surface area contributed by atoms with Crippen molar-refractivity contribution in [1.29, 1.82) is 0 Å². The van der Waals surface area contributed by atoms with Gasteiger partial charge in [0.25, 0.3) is 0 Å². The Morgan fingerprint density at radius 3 is 2.72 bits per heavy atom. The summed E-state index contributed by atoms with van der Waals surface area (Å²) >= 11 is 5.14. The van der Waals surface area contributed by atoms with Gasteiger partial charge in [-0.1, -0.05) is 52.3 Å². The third kappa shape index (κ3) is 3.20. The quantitative estimate of drug-likeness (QED) is 0.533. The molecule has 0 unspecified atom stereocenters. The highest BCUT2D eigenvalue weighted by atomic mass is 79.9.